The summed E-state index contributed by atoms with van der Waals surface area (Å²) >= 11 is 0. The van der Waals surface area contributed by atoms with Crippen molar-refractivity contribution in [3.8, 4) is 5.75 Å². The lowest BCUT2D eigenvalue weighted by Crippen LogP contribution is -2.18. The van der Waals surface area contributed by atoms with Gasteiger partial charge in [-0.15, -0.1) is 5.10 Å². The van der Waals surface area contributed by atoms with Crippen molar-refractivity contribution in [2.24, 2.45) is 11.0 Å². The molecule has 1 aliphatic rings. The summed E-state index contributed by atoms with van der Waals surface area (Å²) in [5, 5.41) is 9.14. The Kier molecular flexibility index (Phi) is 7.59. The molecule has 0 saturated heterocycles. The fourth-order valence-electron chi connectivity index (χ4n) is 3.19. The fraction of sp³-hybridized carbons (Fsp3) is 0.391. The Hall–Kier alpha value is -3.42. The molecular formula is C23H29N5O3. The largest absolute Gasteiger partial charge is 0.495 e. The van der Waals surface area contributed by atoms with Gasteiger partial charge in [0.1, 0.15) is 5.75 Å². The molecule has 1 N–H and O–H groups in total. The summed E-state index contributed by atoms with van der Waals surface area (Å²) in [6.45, 7) is 2.95. The molecule has 0 aromatic carbocycles. The van der Waals surface area contributed by atoms with Gasteiger partial charge in [0.25, 0.3) is 0 Å². The number of hydrazone groups is 1. The summed E-state index contributed by atoms with van der Waals surface area (Å²) in [6.07, 6.45) is 6.90. The maximum Gasteiger partial charge on any atom is 0.232 e. The molecule has 2 heterocycles. The summed E-state index contributed by atoms with van der Waals surface area (Å²) < 4.78 is 11.1. The molecule has 0 aliphatic heterocycles. The molecule has 2 aromatic heterocycles. The predicted molar refractivity (Wildman–Crippen MR) is 119 cm³/mol. The minimum absolute atomic E-state index is 0.370. The monoisotopic (exact) mass is 423 g/mol. The highest BCUT2D eigenvalue weighted by Crippen LogP contribution is 2.46. The second-order valence-electron chi connectivity index (χ2n) is 7.70. The van der Waals surface area contributed by atoms with Crippen LogP contribution in [0.15, 0.2) is 53.5 Å². The third-order valence-corrected chi connectivity index (χ3v) is 4.90. The fourth-order valence-corrected chi connectivity index (χ4v) is 3.19. The number of allylic oxidation sites excluding steroid dienone is 1. The number of aldehydes is 1. The van der Waals surface area contributed by atoms with E-state index in [-0.39, 0.29) is 0 Å². The SMILES string of the molecule is COc1ccc([C@H]2C[C@@H]2COC(/C=C(\C=O)NCc2ccnc(C)c2)=N/N(C)C)nc1. The van der Waals surface area contributed by atoms with Crippen LogP contribution in [0.4, 0.5) is 0 Å². The number of nitrogens with zero attached hydrogens (tertiary/aromatic N) is 4. The quantitative estimate of drug-likeness (QED) is 0.207. The van der Waals surface area contributed by atoms with Crippen LogP contribution in [0.25, 0.3) is 0 Å². The molecule has 0 unspecified atom stereocenters. The molecule has 8 heteroatoms. The summed E-state index contributed by atoms with van der Waals surface area (Å²) in [5.74, 6) is 1.88. The third kappa shape index (κ3) is 6.80. The number of hydrogen-bond donors (Lipinski definition) is 1. The average Bonchev–Trinajstić information content (AvgIpc) is 3.54. The van der Waals surface area contributed by atoms with Gasteiger partial charge in [-0.05, 0) is 43.2 Å². The van der Waals surface area contributed by atoms with Crippen molar-refractivity contribution in [2.45, 2.75) is 25.8 Å². The minimum Gasteiger partial charge on any atom is -0.495 e. The van der Waals surface area contributed by atoms with E-state index in [4.69, 9.17) is 9.47 Å². The van der Waals surface area contributed by atoms with Crippen molar-refractivity contribution in [1.29, 1.82) is 0 Å². The van der Waals surface area contributed by atoms with Gasteiger partial charge < -0.3 is 14.8 Å². The van der Waals surface area contributed by atoms with Crippen LogP contribution in [0.3, 0.4) is 0 Å². The van der Waals surface area contributed by atoms with Gasteiger partial charge in [-0.1, -0.05) is 0 Å². The lowest BCUT2D eigenvalue weighted by atomic mass is 10.2. The second-order valence-corrected chi connectivity index (χ2v) is 7.70. The average molecular weight is 424 g/mol. The number of pyridine rings is 2. The summed E-state index contributed by atoms with van der Waals surface area (Å²) in [5.41, 5.74) is 3.41. The number of aryl methyl sites for hydroxylation is 1. The number of aromatic nitrogens is 2. The summed E-state index contributed by atoms with van der Waals surface area (Å²) in [4.78, 5) is 20.2. The standard InChI is InChI=1S/C23H29N5O3/c1-16-9-17(7-8-24-16)12-25-19(14-29)11-23(27-28(2)3)31-15-18-10-21(18)22-6-5-20(30-4)13-26-22/h5-9,11,13-14,18,21,25H,10,12,15H2,1-4H3/b19-11+,27-23+/t18-,21+/m1/s1. The Labute approximate surface area is 183 Å². The lowest BCUT2D eigenvalue weighted by Gasteiger charge is -2.12. The molecule has 1 saturated carbocycles. The molecule has 164 valence electrons. The number of carbonyl (C=O) groups excluding carboxylic acids is 1. The molecule has 31 heavy (non-hydrogen) atoms. The zero-order valence-corrected chi connectivity index (χ0v) is 18.4. The molecule has 2 atom stereocenters. The molecule has 2 aromatic rings. The summed E-state index contributed by atoms with van der Waals surface area (Å²) in [6, 6.07) is 7.80. The zero-order valence-electron chi connectivity index (χ0n) is 18.4. The van der Waals surface area contributed by atoms with Crippen LogP contribution in [0.2, 0.25) is 0 Å². The number of rotatable bonds is 10. The van der Waals surface area contributed by atoms with E-state index in [1.807, 2.05) is 45.3 Å². The van der Waals surface area contributed by atoms with Gasteiger partial charge in [-0.2, -0.15) is 0 Å². The number of methoxy groups -OCH3 is 1. The lowest BCUT2D eigenvalue weighted by molar-refractivity contribution is -0.105. The van der Waals surface area contributed by atoms with Gasteiger partial charge in [0.05, 0.1) is 25.6 Å². The first-order chi connectivity index (χ1) is 15.0. The molecule has 0 amide bonds. The third-order valence-electron chi connectivity index (χ3n) is 4.90. The second kappa shape index (κ2) is 10.6. The molecule has 8 nitrogen and oxygen atoms in total. The Bertz CT molecular complexity index is 940. The van der Waals surface area contributed by atoms with E-state index in [2.05, 4.69) is 20.4 Å². The van der Waals surface area contributed by atoms with Crippen LogP contribution < -0.4 is 10.1 Å². The van der Waals surface area contributed by atoms with E-state index < -0.39 is 0 Å². The van der Waals surface area contributed by atoms with Crippen LogP contribution >= 0.6 is 0 Å². The van der Waals surface area contributed by atoms with Crippen LogP contribution in [-0.2, 0) is 16.1 Å². The maximum absolute atomic E-state index is 11.6. The zero-order chi connectivity index (χ0) is 22.2. The minimum atomic E-state index is 0.370. The van der Waals surface area contributed by atoms with Gasteiger partial charge in [-0.25, -0.2) is 0 Å². The van der Waals surface area contributed by atoms with E-state index >= 15 is 0 Å². The molecular weight excluding hydrogens is 394 g/mol. The highest BCUT2D eigenvalue weighted by Gasteiger charge is 2.40. The van der Waals surface area contributed by atoms with E-state index in [1.54, 1.807) is 30.6 Å². The number of ether oxygens (including phenoxy) is 2. The Morgan fingerprint density at radius 2 is 2.16 bits per heavy atom. The smallest absolute Gasteiger partial charge is 0.232 e. The van der Waals surface area contributed by atoms with Gasteiger partial charge in [-0.3, -0.25) is 19.8 Å². The number of hydrogen-bond acceptors (Lipinski definition) is 8. The summed E-state index contributed by atoms with van der Waals surface area (Å²) in [7, 11) is 5.25. The van der Waals surface area contributed by atoms with E-state index in [9.17, 15) is 4.79 Å². The van der Waals surface area contributed by atoms with Crippen LogP contribution in [0, 0.1) is 12.8 Å². The van der Waals surface area contributed by atoms with Crippen molar-refractivity contribution in [3.05, 3.63) is 65.4 Å². The Balaban J connectivity index is 1.58. The van der Waals surface area contributed by atoms with Gasteiger partial charge >= 0.3 is 0 Å². The van der Waals surface area contributed by atoms with E-state index in [0.29, 0.717) is 36.6 Å². The first kappa shape index (κ1) is 22.3. The van der Waals surface area contributed by atoms with Crippen molar-refractivity contribution >= 4 is 12.2 Å². The molecule has 0 bridgehead atoms. The van der Waals surface area contributed by atoms with E-state index in [0.717, 1.165) is 35.4 Å². The van der Waals surface area contributed by atoms with Gasteiger partial charge in [0.2, 0.25) is 5.90 Å². The van der Waals surface area contributed by atoms with Crippen LogP contribution in [0.1, 0.15) is 29.3 Å². The molecule has 3 rings (SSSR count). The van der Waals surface area contributed by atoms with Crippen molar-refractivity contribution in [2.75, 3.05) is 27.8 Å². The highest BCUT2D eigenvalue weighted by atomic mass is 16.5. The number of carbonyl (C=O) groups is 1. The Morgan fingerprint density at radius 3 is 2.81 bits per heavy atom. The normalized spacial score (nSPS) is 18.3. The molecule has 0 radical (unpaired) electrons. The van der Waals surface area contributed by atoms with Crippen LogP contribution in [-0.4, -0.2) is 55.0 Å². The van der Waals surface area contributed by atoms with Crippen molar-refractivity contribution < 1.29 is 14.3 Å². The van der Waals surface area contributed by atoms with E-state index in [1.165, 1.54) is 0 Å². The molecule has 1 fully saturated rings. The van der Waals surface area contributed by atoms with Crippen molar-refractivity contribution in [1.82, 2.24) is 20.3 Å². The topological polar surface area (TPSA) is 88.9 Å². The predicted octanol–water partition coefficient (Wildman–Crippen LogP) is 2.66. The number of nitrogens with one attached hydrogen (secondary N) is 1. The Morgan fingerprint density at radius 1 is 1.32 bits per heavy atom. The van der Waals surface area contributed by atoms with Gasteiger partial charge in [0.15, 0.2) is 6.29 Å². The molecule has 0 spiro atoms. The highest BCUT2D eigenvalue weighted by molar-refractivity contribution is 5.93. The molecule has 1 aliphatic carbocycles. The van der Waals surface area contributed by atoms with Crippen molar-refractivity contribution in [3.63, 3.8) is 0 Å². The van der Waals surface area contributed by atoms with Gasteiger partial charge in [0, 0.05) is 56.1 Å². The maximum atomic E-state index is 11.6. The van der Waals surface area contributed by atoms with Crippen LogP contribution in [0.5, 0.6) is 5.75 Å². The first-order valence-electron chi connectivity index (χ1n) is 10.2. The first-order valence-corrected chi connectivity index (χ1v) is 10.2.